The molecule has 0 amide bonds. The van der Waals surface area contributed by atoms with Gasteiger partial charge in [-0.15, -0.1) is 0 Å². The summed E-state index contributed by atoms with van der Waals surface area (Å²) in [5.41, 5.74) is 10.5. The van der Waals surface area contributed by atoms with Crippen molar-refractivity contribution >= 4 is 49.6 Å². The van der Waals surface area contributed by atoms with Gasteiger partial charge in [-0.25, -0.2) is 4.98 Å². The fourth-order valence-corrected chi connectivity index (χ4v) is 8.96. The minimum atomic E-state index is 0.0228. The van der Waals surface area contributed by atoms with E-state index in [9.17, 15) is 0 Å². The first-order valence-electron chi connectivity index (χ1n) is 20.7. The summed E-state index contributed by atoms with van der Waals surface area (Å²) >= 11 is 0. The zero-order valence-electron chi connectivity index (χ0n) is 33.1. The Hall–Kier alpha value is -8.09. The second kappa shape index (κ2) is 14.3. The van der Waals surface area contributed by atoms with Gasteiger partial charge in [0.25, 0.3) is 0 Å². The van der Waals surface area contributed by atoms with Crippen molar-refractivity contribution in [2.24, 2.45) is 0 Å². The Bertz CT molecular complexity index is 3370. The summed E-state index contributed by atoms with van der Waals surface area (Å²) < 4.78 is 8.88. The molecule has 288 valence electrons. The van der Waals surface area contributed by atoms with Crippen LogP contribution in [0.2, 0.25) is 0 Å². The van der Waals surface area contributed by atoms with Gasteiger partial charge >= 0.3 is 0 Å². The van der Waals surface area contributed by atoms with Crippen molar-refractivity contribution < 1.29 is 4.74 Å². The summed E-state index contributed by atoms with van der Waals surface area (Å²) in [6.45, 7) is 0. The standard InChI is InChI=1S/C55H37N5O/c1-4-14-36(15-5-1)37-24-26-40(27-25-37)54-56-53(39-17-6-2-7-18-39)57-55(58-54)60-48-33-29-38-16-10-11-21-44(38)52(48)45-31-28-41(34-49(45)60)42-30-32-47-51(35-42)61-50-23-13-12-22-46(50)59(47)43-19-8-3-9-20-43/h1-17,19-35,39H,18H2. The average Bonchev–Trinajstić information content (AvgIpc) is 3.68. The summed E-state index contributed by atoms with van der Waals surface area (Å²) in [5, 5.41) is 4.66. The summed E-state index contributed by atoms with van der Waals surface area (Å²) in [4.78, 5) is 18.1. The van der Waals surface area contributed by atoms with Gasteiger partial charge in [0.2, 0.25) is 5.95 Å². The Balaban J connectivity index is 1.05. The van der Waals surface area contributed by atoms with Gasteiger partial charge in [-0.3, -0.25) is 4.57 Å². The van der Waals surface area contributed by atoms with Crippen LogP contribution in [0, 0.1) is 0 Å². The van der Waals surface area contributed by atoms with Crippen LogP contribution in [-0.2, 0) is 0 Å². The number of benzene rings is 8. The highest BCUT2D eigenvalue weighted by Gasteiger charge is 2.27. The van der Waals surface area contributed by atoms with E-state index in [1.54, 1.807) is 0 Å². The normalized spacial score (nSPS) is 14.3. The fourth-order valence-electron chi connectivity index (χ4n) is 8.96. The summed E-state index contributed by atoms with van der Waals surface area (Å²) in [5.74, 6) is 3.62. The highest BCUT2D eigenvalue weighted by molar-refractivity contribution is 6.21. The van der Waals surface area contributed by atoms with Gasteiger partial charge in [0.15, 0.2) is 17.3 Å². The van der Waals surface area contributed by atoms with Crippen LogP contribution in [0.4, 0.5) is 17.1 Å². The quantitative estimate of drug-likeness (QED) is 0.168. The number of allylic oxidation sites excluding steroid dienone is 4. The highest BCUT2D eigenvalue weighted by Crippen LogP contribution is 2.51. The Kier molecular flexibility index (Phi) is 8.20. The molecule has 0 saturated heterocycles. The smallest absolute Gasteiger partial charge is 0.238 e. The van der Waals surface area contributed by atoms with E-state index in [0.29, 0.717) is 11.8 Å². The Morgan fingerprint density at radius 3 is 2.05 bits per heavy atom. The number of aromatic nitrogens is 4. The molecule has 0 fully saturated rings. The van der Waals surface area contributed by atoms with E-state index in [1.807, 2.05) is 24.3 Å². The summed E-state index contributed by atoms with van der Waals surface area (Å²) in [6, 6.07) is 63.9. The molecule has 2 aliphatic rings. The monoisotopic (exact) mass is 783 g/mol. The minimum Gasteiger partial charge on any atom is -0.453 e. The van der Waals surface area contributed by atoms with Crippen molar-refractivity contribution in [1.82, 2.24) is 19.5 Å². The van der Waals surface area contributed by atoms with Crippen LogP contribution in [0.3, 0.4) is 0 Å². The molecule has 0 saturated carbocycles. The third kappa shape index (κ3) is 5.99. The zero-order valence-corrected chi connectivity index (χ0v) is 33.1. The first-order valence-corrected chi connectivity index (χ1v) is 20.7. The van der Waals surface area contributed by atoms with Gasteiger partial charge in [0, 0.05) is 27.9 Å². The van der Waals surface area contributed by atoms with E-state index >= 15 is 0 Å². The van der Waals surface area contributed by atoms with Crippen LogP contribution in [0.1, 0.15) is 18.2 Å². The predicted octanol–water partition coefficient (Wildman–Crippen LogP) is 14.3. The first-order chi connectivity index (χ1) is 30.2. The molecule has 1 atom stereocenters. The van der Waals surface area contributed by atoms with Gasteiger partial charge in [0.05, 0.1) is 22.4 Å². The lowest BCUT2D eigenvalue weighted by atomic mass is 10.00. The van der Waals surface area contributed by atoms with Crippen LogP contribution >= 0.6 is 0 Å². The van der Waals surface area contributed by atoms with Crippen molar-refractivity contribution in [3.05, 3.63) is 212 Å². The lowest BCUT2D eigenvalue weighted by molar-refractivity contribution is 0.477. The Labute approximate surface area is 353 Å². The Morgan fingerprint density at radius 1 is 0.492 bits per heavy atom. The molecule has 0 N–H and O–H groups in total. The zero-order chi connectivity index (χ0) is 40.3. The molecular formula is C55H37N5O. The molecule has 0 spiro atoms. The molecule has 1 aliphatic carbocycles. The van der Waals surface area contributed by atoms with E-state index < -0.39 is 0 Å². The number of para-hydroxylation sites is 3. The molecule has 0 bridgehead atoms. The third-order valence-corrected chi connectivity index (χ3v) is 11.9. The van der Waals surface area contributed by atoms with E-state index in [0.717, 1.165) is 79.5 Å². The van der Waals surface area contributed by atoms with Crippen LogP contribution in [0.15, 0.2) is 206 Å². The van der Waals surface area contributed by atoms with Gasteiger partial charge in [-0.2, -0.15) is 9.97 Å². The molecule has 3 heterocycles. The van der Waals surface area contributed by atoms with Crippen LogP contribution in [0.5, 0.6) is 11.5 Å². The topological polar surface area (TPSA) is 56.1 Å². The molecule has 12 rings (SSSR count). The first kappa shape index (κ1) is 34.9. The second-order valence-corrected chi connectivity index (χ2v) is 15.6. The maximum atomic E-state index is 6.64. The van der Waals surface area contributed by atoms with Crippen molar-refractivity contribution in [2.75, 3.05) is 4.90 Å². The average molecular weight is 784 g/mol. The molecule has 6 nitrogen and oxygen atoms in total. The van der Waals surface area contributed by atoms with E-state index in [2.05, 4.69) is 191 Å². The molecule has 2 aromatic heterocycles. The van der Waals surface area contributed by atoms with Crippen LogP contribution in [0.25, 0.3) is 72.2 Å². The van der Waals surface area contributed by atoms with Crippen molar-refractivity contribution in [3.63, 3.8) is 0 Å². The Morgan fingerprint density at radius 2 is 1.20 bits per heavy atom. The van der Waals surface area contributed by atoms with Crippen molar-refractivity contribution in [2.45, 2.75) is 12.3 Å². The number of fused-ring (bicyclic) bond motifs is 7. The predicted molar refractivity (Wildman–Crippen MR) is 248 cm³/mol. The third-order valence-electron chi connectivity index (χ3n) is 11.9. The lowest BCUT2D eigenvalue weighted by Gasteiger charge is -2.33. The highest BCUT2D eigenvalue weighted by atomic mass is 16.5. The number of rotatable bonds is 6. The molecule has 8 aromatic carbocycles. The molecule has 1 aliphatic heterocycles. The molecule has 6 heteroatoms. The number of ether oxygens (including phenoxy) is 1. The number of hydrogen-bond acceptors (Lipinski definition) is 5. The van der Waals surface area contributed by atoms with Crippen molar-refractivity contribution in [3.8, 4) is 51.1 Å². The number of anilines is 3. The molecule has 61 heavy (non-hydrogen) atoms. The summed E-state index contributed by atoms with van der Waals surface area (Å²) in [6.07, 6.45) is 9.37. The molecule has 1 unspecified atom stereocenters. The maximum Gasteiger partial charge on any atom is 0.238 e. The van der Waals surface area contributed by atoms with Gasteiger partial charge < -0.3 is 9.64 Å². The van der Waals surface area contributed by atoms with Gasteiger partial charge in [-0.05, 0) is 88.0 Å². The van der Waals surface area contributed by atoms with E-state index in [1.165, 1.54) is 21.7 Å². The van der Waals surface area contributed by atoms with Gasteiger partial charge in [-0.1, -0.05) is 158 Å². The summed E-state index contributed by atoms with van der Waals surface area (Å²) in [7, 11) is 0. The van der Waals surface area contributed by atoms with E-state index in [-0.39, 0.29) is 5.92 Å². The second-order valence-electron chi connectivity index (χ2n) is 15.6. The molecule has 0 radical (unpaired) electrons. The van der Waals surface area contributed by atoms with E-state index in [4.69, 9.17) is 19.7 Å². The van der Waals surface area contributed by atoms with Crippen LogP contribution < -0.4 is 9.64 Å². The molecular weight excluding hydrogens is 747 g/mol. The largest absolute Gasteiger partial charge is 0.453 e. The maximum absolute atomic E-state index is 6.64. The SMILES string of the molecule is C1=CCC(c2nc(-c3ccc(-c4ccccc4)cc3)nc(-n3c4cc(-c5ccc6c(c5)Oc5ccccc5N6c5ccccc5)ccc4c4c5ccccc5ccc43)n2)C=C1. The fraction of sp³-hybridized carbons (Fsp3) is 0.0364. The lowest BCUT2D eigenvalue weighted by Crippen LogP contribution is -2.15. The number of hydrogen-bond donors (Lipinski definition) is 0. The van der Waals surface area contributed by atoms with Gasteiger partial charge in [0.1, 0.15) is 5.82 Å². The van der Waals surface area contributed by atoms with Crippen molar-refractivity contribution in [1.29, 1.82) is 0 Å². The number of nitrogens with zero attached hydrogens (tertiary/aromatic N) is 5. The molecule has 10 aromatic rings. The van der Waals surface area contributed by atoms with Crippen LogP contribution in [-0.4, -0.2) is 19.5 Å². The minimum absolute atomic E-state index is 0.0228.